The largest absolute Gasteiger partial charge is 0.508 e. The average molecular weight is 365 g/mol. The van der Waals surface area contributed by atoms with Gasteiger partial charge in [0.05, 0.1) is 19.9 Å². The highest BCUT2D eigenvalue weighted by Crippen LogP contribution is 2.30. The topological polar surface area (TPSA) is 99.2 Å². The van der Waals surface area contributed by atoms with Crippen LogP contribution in [0.1, 0.15) is 6.42 Å². The number of benzene rings is 1. The Hall–Kier alpha value is -2.10. The highest BCUT2D eigenvalue weighted by atomic mass is 32.2. The van der Waals surface area contributed by atoms with Crippen molar-refractivity contribution < 1.29 is 24.2 Å². The van der Waals surface area contributed by atoms with Gasteiger partial charge in [-0.2, -0.15) is 0 Å². The third-order valence-electron chi connectivity index (χ3n) is 3.95. The maximum absolute atomic E-state index is 12.4. The maximum Gasteiger partial charge on any atom is 0.290 e. The molecule has 2 heterocycles. The molecule has 134 valence electrons. The zero-order valence-electron chi connectivity index (χ0n) is 13.5. The standard InChI is InChI=1S/C16H19N3O5S/c20-12-3-1-2-11(8-12)17-14(21)9-13-15(22)19(16(23)25-13)10-18-4-6-24-7-5-18/h1-3,8,13,20H,4-7,9-10H2,(H,17,21). The van der Waals surface area contributed by atoms with Crippen LogP contribution in [0.4, 0.5) is 10.5 Å². The average Bonchev–Trinajstić information content (AvgIpc) is 2.83. The van der Waals surface area contributed by atoms with Gasteiger partial charge >= 0.3 is 0 Å². The maximum atomic E-state index is 12.4. The van der Waals surface area contributed by atoms with E-state index in [0.717, 1.165) is 11.8 Å². The van der Waals surface area contributed by atoms with Crippen molar-refractivity contribution in [3.8, 4) is 5.75 Å². The summed E-state index contributed by atoms with van der Waals surface area (Å²) >= 11 is 0.882. The molecule has 2 saturated heterocycles. The Morgan fingerprint density at radius 2 is 2.08 bits per heavy atom. The Morgan fingerprint density at radius 1 is 1.32 bits per heavy atom. The summed E-state index contributed by atoms with van der Waals surface area (Å²) in [5, 5.41) is 11.0. The Labute approximate surface area is 149 Å². The molecule has 8 nitrogen and oxygen atoms in total. The van der Waals surface area contributed by atoms with E-state index in [9.17, 15) is 19.5 Å². The van der Waals surface area contributed by atoms with E-state index in [0.29, 0.717) is 32.0 Å². The van der Waals surface area contributed by atoms with E-state index in [-0.39, 0.29) is 35.9 Å². The fraction of sp³-hybridized carbons (Fsp3) is 0.438. The molecule has 1 aromatic carbocycles. The summed E-state index contributed by atoms with van der Waals surface area (Å²) in [6.07, 6.45) is -0.0928. The van der Waals surface area contributed by atoms with Gasteiger partial charge in [-0.3, -0.25) is 24.2 Å². The molecule has 2 aliphatic rings. The minimum Gasteiger partial charge on any atom is -0.508 e. The number of carbonyl (C=O) groups excluding carboxylic acids is 3. The molecule has 0 spiro atoms. The number of nitrogens with zero attached hydrogens (tertiary/aromatic N) is 2. The minimum atomic E-state index is -0.717. The van der Waals surface area contributed by atoms with Gasteiger partial charge in [0.1, 0.15) is 11.0 Å². The molecule has 0 aliphatic carbocycles. The van der Waals surface area contributed by atoms with E-state index in [4.69, 9.17) is 4.74 Å². The van der Waals surface area contributed by atoms with Gasteiger partial charge in [0.15, 0.2) is 0 Å². The lowest BCUT2D eigenvalue weighted by molar-refractivity contribution is -0.130. The van der Waals surface area contributed by atoms with Crippen LogP contribution in [0.15, 0.2) is 24.3 Å². The normalized spacial score (nSPS) is 21.6. The van der Waals surface area contributed by atoms with Crippen molar-refractivity contribution in [3.63, 3.8) is 0 Å². The Kier molecular flexibility index (Phi) is 5.57. The van der Waals surface area contributed by atoms with E-state index in [1.54, 1.807) is 12.1 Å². The van der Waals surface area contributed by atoms with Crippen molar-refractivity contribution in [1.82, 2.24) is 9.80 Å². The zero-order valence-corrected chi connectivity index (χ0v) is 14.3. The van der Waals surface area contributed by atoms with E-state index in [1.807, 2.05) is 4.90 Å². The third-order valence-corrected chi connectivity index (χ3v) is 5.03. The number of morpholine rings is 1. The summed E-state index contributed by atoms with van der Waals surface area (Å²) in [6.45, 7) is 2.74. The van der Waals surface area contributed by atoms with Gasteiger partial charge in [0.25, 0.3) is 5.24 Å². The number of thioether (sulfide) groups is 1. The second kappa shape index (κ2) is 7.85. The third kappa shape index (κ3) is 4.50. The van der Waals surface area contributed by atoms with E-state index in [2.05, 4.69) is 5.32 Å². The lowest BCUT2D eigenvalue weighted by atomic mass is 10.2. The number of phenolic OH excluding ortho intramolecular Hbond substituents is 1. The minimum absolute atomic E-state index is 0.0379. The predicted molar refractivity (Wildman–Crippen MR) is 92.2 cm³/mol. The molecule has 3 amide bonds. The Bertz CT molecular complexity index is 677. The number of ether oxygens (including phenoxy) is 1. The van der Waals surface area contributed by atoms with Gasteiger partial charge in [-0.25, -0.2) is 0 Å². The molecule has 0 saturated carbocycles. The van der Waals surface area contributed by atoms with Crippen LogP contribution < -0.4 is 5.32 Å². The number of amides is 3. The Morgan fingerprint density at radius 3 is 2.80 bits per heavy atom. The van der Waals surface area contributed by atoms with Crippen molar-refractivity contribution in [2.24, 2.45) is 0 Å². The van der Waals surface area contributed by atoms with Gasteiger partial charge in [-0.15, -0.1) is 0 Å². The number of carbonyl (C=O) groups is 3. The molecule has 2 fully saturated rings. The second-order valence-corrected chi connectivity index (χ2v) is 6.97. The van der Waals surface area contributed by atoms with Gasteiger partial charge in [-0.1, -0.05) is 17.8 Å². The van der Waals surface area contributed by atoms with E-state index in [1.165, 1.54) is 17.0 Å². The summed E-state index contributed by atoms with van der Waals surface area (Å²) in [5.41, 5.74) is 0.442. The predicted octanol–water partition coefficient (Wildman–Crippen LogP) is 1.07. The summed E-state index contributed by atoms with van der Waals surface area (Å²) in [7, 11) is 0. The summed E-state index contributed by atoms with van der Waals surface area (Å²) in [6, 6.07) is 6.15. The number of imide groups is 1. The number of nitrogens with one attached hydrogen (secondary N) is 1. The number of phenols is 1. The summed E-state index contributed by atoms with van der Waals surface area (Å²) in [4.78, 5) is 39.8. The second-order valence-electron chi connectivity index (χ2n) is 5.81. The van der Waals surface area contributed by atoms with Crippen LogP contribution in [-0.4, -0.2) is 70.2 Å². The Balaban J connectivity index is 1.55. The molecule has 9 heteroatoms. The van der Waals surface area contributed by atoms with Gasteiger partial charge < -0.3 is 15.2 Å². The van der Waals surface area contributed by atoms with Crippen molar-refractivity contribution in [3.05, 3.63) is 24.3 Å². The number of hydrogen-bond acceptors (Lipinski definition) is 7. The first-order valence-electron chi connectivity index (χ1n) is 7.94. The number of hydrogen-bond donors (Lipinski definition) is 2. The molecule has 0 aromatic heterocycles. The molecular weight excluding hydrogens is 346 g/mol. The van der Waals surface area contributed by atoms with Crippen molar-refractivity contribution in [1.29, 1.82) is 0 Å². The van der Waals surface area contributed by atoms with Crippen LogP contribution in [0.3, 0.4) is 0 Å². The molecule has 3 rings (SSSR count). The van der Waals surface area contributed by atoms with Crippen LogP contribution in [-0.2, 0) is 14.3 Å². The summed E-state index contributed by atoms with van der Waals surface area (Å²) in [5.74, 6) is -0.680. The highest BCUT2D eigenvalue weighted by Gasteiger charge is 2.41. The first-order valence-corrected chi connectivity index (χ1v) is 8.82. The first-order chi connectivity index (χ1) is 12.0. The fourth-order valence-electron chi connectivity index (χ4n) is 2.66. The van der Waals surface area contributed by atoms with Crippen LogP contribution >= 0.6 is 11.8 Å². The first kappa shape index (κ1) is 17.7. The molecule has 1 aromatic rings. The molecule has 2 N–H and O–H groups in total. The molecule has 1 unspecified atom stereocenters. The smallest absolute Gasteiger partial charge is 0.290 e. The van der Waals surface area contributed by atoms with Crippen molar-refractivity contribution >= 4 is 34.5 Å². The van der Waals surface area contributed by atoms with E-state index < -0.39 is 5.25 Å². The number of aromatic hydroxyl groups is 1. The summed E-state index contributed by atoms with van der Waals surface area (Å²) < 4.78 is 5.25. The highest BCUT2D eigenvalue weighted by molar-refractivity contribution is 8.15. The monoisotopic (exact) mass is 365 g/mol. The zero-order chi connectivity index (χ0) is 17.8. The molecule has 2 aliphatic heterocycles. The number of rotatable bonds is 5. The lowest BCUT2D eigenvalue weighted by Crippen LogP contribution is -2.46. The fourth-order valence-corrected chi connectivity index (χ4v) is 3.64. The molecular formula is C16H19N3O5S. The molecule has 0 radical (unpaired) electrons. The molecule has 1 atom stereocenters. The lowest BCUT2D eigenvalue weighted by Gasteiger charge is -2.29. The molecule has 0 bridgehead atoms. The van der Waals surface area contributed by atoms with Gasteiger partial charge in [0, 0.05) is 31.3 Å². The number of anilines is 1. The van der Waals surface area contributed by atoms with Crippen LogP contribution in [0.5, 0.6) is 5.75 Å². The van der Waals surface area contributed by atoms with Gasteiger partial charge in [0.2, 0.25) is 11.8 Å². The van der Waals surface area contributed by atoms with Crippen LogP contribution in [0.25, 0.3) is 0 Å². The molecule has 25 heavy (non-hydrogen) atoms. The van der Waals surface area contributed by atoms with Crippen molar-refractivity contribution in [2.75, 3.05) is 38.3 Å². The van der Waals surface area contributed by atoms with Crippen molar-refractivity contribution in [2.45, 2.75) is 11.7 Å². The van der Waals surface area contributed by atoms with Gasteiger partial charge in [-0.05, 0) is 12.1 Å². The van der Waals surface area contributed by atoms with E-state index >= 15 is 0 Å². The van der Waals surface area contributed by atoms with Crippen LogP contribution in [0.2, 0.25) is 0 Å². The SMILES string of the molecule is O=C(CC1SC(=O)N(CN2CCOCC2)C1=O)Nc1cccc(O)c1. The van der Waals surface area contributed by atoms with Crippen LogP contribution in [0, 0.1) is 0 Å². The quantitative estimate of drug-likeness (QED) is 0.805.